The quantitative estimate of drug-likeness (QED) is 0.741. The lowest BCUT2D eigenvalue weighted by atomic mass is 9.97. The molecular formula is C12H17NS. The standard InChI is InChI=1S/C12H17NS/c1-12(2,3)8-4-6-10(13)11-7-5-9-14-11/h5,7,9-10H,6,13H2,1-3H3. The third kappa shape index (κ3) is 3.95. The molecule has 0 fully saturated rings. The highest BCUT2D eigenvalue weighted by Gasteiger charge is 2.06. The van der Waals surface area contributed by atoms with Crippen LogP contribution in [0, 0.1) is 17.3 Å². The summed E-state index contributed by atoms with van der Waals surface area (Å²) in [5.74, 6) is 6.33. The van der Waals surface area contributed by atoms with Crippen molar-refractivity contribution in [2.45, 2.75) is 33.2 Å². The molecule has 0 aliphatic rings. The number of thiophene rings is 1. The van der Waals surface area contributed by atoms with Crippen molar-refractivity contribution >= 4 is 11.3 Å². The third-order valence-corrected chi connectivity index (χ3v) is 2.70. The van der Waals surface area contributed by atoms with E-state index in [0.717, 1.165) is 6.42 Å². The molecule has 1 rings (SSSR count). The van der Waals surface area contributed by atoms with Crippen LogP contribution in [0.1, 0.15) is 38.1 Å². The van der Waals surface area contributed by atoms with E-state index >= 15 is 0 Å². The van der Waals surface area contributed by atoms with Crippen LogP contribution in [0.25, 0.3) is 0 Å². The summed E-state index contributed by atoms with van der Waals surface area (Å²) in [6.07, 6.45) is 0.748. The van der Waals surface area contributed by atoms with Gasteiger partial charge in [-0.1, -0.05) is 12.0 Å². The number of hydrogen-bond acceptors (Lipinski definition) is 2. The fourth-order valence-electron chi connectivity index (χ4n) is 1.03. The first-order chi connectivity index (χ1) is 6.49. The molecule has 0 saturated carbocycles. The van der Waals surface area contributed by atoms with Gasteiger partial charge in [0.05, 0.1) is 6.04 Å². The van der Waals surface area contributed by atoms with Crippen molar-refractivity contribution in [3.05, 3.63) is 22.4 Å². The van der Waals surface area contributed by atoms with Crippen molar-refractivity contribution in [3.8, 4) is 11.8 Å². The first-order valence-electron chi connectivity index (χ1n) is 4.78. The van der Waals surface area contributed by atoms with Crippen LogP contribution in [-0.2, 0) is 0 Å². The number of nitrogens with two attached hydrogens (primary N) is 1. The monoisotopic (exact) mass is 207 g/mol. The predicted octanol–water partition coefficient (Wildman–Crippen LogP) is 3.19. The molecule has 1 unspecified atom stereocenters. The smallest absolute Gasteiger partial charge is 0.0500 e. The molecule has 1 aromatic heterocycles. The highest BCUT2D eigenvalue weighted by Crippen LogP contribution is 2.19. The van der Waals surface area contributed by atoms with Gasteiger partial charge in [0, 0.05) is 16.7 Å². The molecule has 0 aliphatic heterocycles. The highest BCUT2D eigenvalue weighted by atomic mass is 32.1. The molecular weight excluding hydrogens is 190 g/mol. The van der Waals surface area contributed by atoms with Crippen molar-refractivity contribution in [2.24, 2.45) is 11.1 Å². The Kier molecular flexibility index (Phi) is 3.74. The second-order valence-electron chi connectivity index (χ2n) is 4.38. The summed E-state index contributed by atoms with van der Waals surface area (Å²) in [6.45, 7) is 6.32. The van der Waals surface area contributed by atoms with Gasteiger partial charge in [-0.25, -0.2) is 0 Å². The fraction of sp³-hybridized carbons (Fsp3) is 0.500. The third-order valence-electron chi connectivity index (χ3n) is 1.69. The van der Waals surface area contributed by atoms with Crippen LogP contribution in [0.5, 0.6) is 0 Å². The SMILES string of the molecule is CC(C)(C)C#CCC(N)c1cccs1. The predicted molar refractivity (Wildman–Crippen MR) is 63.1 cm³/mol. The van der Waals surface area contributed by atoms with Crippen LogP contribution in [0.15, 0.2) is 17.5 Å². The second-order valence-corrected chi connectivity index (χ2v) is 5.36. The molecule has 1 nitrogen and oxygen atoms in total. The maximum Gasteiger partial charge on any atom is 0.0500 e. The summed E-state index contributed by atoms with van der Waals surface area (Å²) < 4.78 is 0. The minimum Gasteiger partial charge on any atom is -0.322 e. The molecule has 14 heavy (non-hydrogen) atoms. The first kappa shape index (κ1) is 11.3. The van der Waals surface area contributed by atoms with Gasteiger partial charge in [-0.05, 0) is 32.2 Å². The lowest BCUT2D eigenvalue weighted by Crippen LogP contribution is -2.07. The Morgan fingerprint density at radius 3 is 2.71 bits per heavy atom. The molecule has 1 heterocycles. The van der Waals surface area contributed by atoms with Crippen LogP contribution >= 0.6 is 11.3 Å². The summed E-state index contributed by atoms with van der Waals surface area (Å²) in [7, 11) is 0. The van der Waals surface area contributed by atoms with E-state index in [9.17, 15) is 0 Å². The number of rotatable bonds is 2. The molecule has 0 spiro atoms. The van der Waals surface area contributed by atoms with Gasteiger partial charge in [0.2, 0.25) is 0 Å². The van der Waals surface area contributed by atoms with Gasteiger partial charge in [0.25, 0.3) is 0 Å². The van der Waals surface area contributed by atoms with Gasteiger partial charge < -0.3 is 5.73 Å². The van der Waals surface area contributed by atoms with Crippen LogP contribution < -0.4 is 5.73 Å². The van der Waals surface area contributed by atoms with Gasteiger partial charge in [-0.3, -0.25) is 0 Å². The fourth-order valence-corrected chi connectivity index (χ4v) is 1.76. The summed E-state index contributed by atoms with van der Waals surface area (Å²) in [5, 5.41) is 2.05. The Hall–Kier alpha value is -0.780. The van der Waals surface area contributed by atoms with Gasteiger partial charge >= 0.3 is 0 Å². The van der Waals surface area contributed by atoms with Gasteiger partial charge in [0.1, 0.15) is 0 Å². The van der Waals surface area contributed by atoms with Gasteiger partial charge in [0.15, 0.2) is 0 Å². The molecule has 2 heteroatoms. The van der Waals surface area contributed by atoms with Crippen molar-refractivity contribution < 1.29 is 0 Å². The zero-order valence-corrected chi connectivity index (χ0v) is 9.82. The van der Waals surface area contributed by atoms with Gasteiger partial charge in [-0.2, -0.15) is 0 Å². The Bertz CT molecular complexity index is 321. The molecule has 0 amide bonds. The normalized spacial score (nSPS) is 13.1. The molecule has 0 bridgehead atoms. The van der Waals surface area contributed by atoms with E-state index in [1.807, 2.05) is 11.4 Å². The molecule has 76 valence electrons. The molecule has 1 atom stereocenters. The lowest BCUT2D eigenvalue weighted by Gasteiger charge is -2.08. The van der Waals surface area contributed by atoms with Crippen LogP contribution in [-0.4, -0.2) is 0 Å². The van der Waals surface area contributed by atoms with E-state index in [1.165, 1.54) is 4.88 Å². The lowest BCUT2D eigenvalue weighted by molar-refractivity contribution is 0.569. The van der Waals surface area contributed by atoms with E-state index in [1.54, 1.807) is 11.3 Å². The summed E-state index contributed by atoms with van der Waals surface area (Å²) in [6, 6.07) is 4.16. The molecule has 0 aromatic carbocycles. The van der Waals surface area contributed by atoms with E-state index in [-0.39, 0.29) is 11.5 Å². The zero-order chi connectivity index (χ0) is 10.6. The summed E-state index contributed by atoms with van der Waals surface area (Å²) in [5.41, 5.74) is 6.06. The van der Waals surface area contributed by atoms with E-state index in [2.05, 4.69) is 38.7 Å². The highest BCUT2D eigenvalue weighted by molar-refractivity contribution is 7.10. The molecule has 0 aliphatic carbocycles. The Balaban J connectivity index is 2.50. The van der Waals surface area contributed by atoms with Crippen LogP contribution in [0.4, 0.5) is 0 Å². The maximum absolute atomic E-state index is 5.98. The van der Waals surface area contributed by atoms with E-state index < -0.39 is 0 Å². The largest absolute Gasteiger partial charge is 0.322 e. The maximum atomic E-state index is 5.98. The average Bonchev–Trinajstić information content (AvgIpc) is 2.53. The Morgan fingerprint density at radius 2 is 2.21 bits per heavy atom. The molecule has 0 radical (unpaired) electrons. The number of hydrogen-bond donors (Lipinski definition) is 1. The average molecular weight is 207 g/mol. The van der Waals surface area contributed by atoms with E-state index in [0.29, 0.717) is 0 Å². The van der Waals surface area contributed by atoms with Crippen molar-refractivity contribution in [3.63, 3.8) is 0 Å². The molecule has 0 saturated heterocycles. The van der Waals surface area contributed by atoms with Crippen LogP contribution in [0.3, 0.4) is 0 Å². The summed E-state index contributed by atoms with van der Waals surface area (Å²) >= 11 is 1.70. The Labute approximate surface area is 90.3 Å². The topological polar surface area (TPSA) is 26.0 Å². The zero-order valence-electron chi connectivity index (χ0n) is 9.00. The van der Waals surface area contributed by atoms with E-state index in [4.69, 9.17) is 5.73 Å². The van der Waals surface area contributed by atoms with Crippen molar-refractivity contribution in [1.82, 2.24) is 0 Å². The minimum absolute atomic E-state index is 0.0739. The van der Waals surface area contributed by atoms with Crippen LogP contribution in [0.2, 0.25) is 0 Å². The van der Waals surface area contributed by atoms with Crippen molar-refractivity contribution in [1.29, 1.82) is 0 Å². The molecule has 2 N–H and O–H groups in total. The van der Waals surface area contributed by atoms with Gasteiger partial charge in [-0.15, -0.1) is 17.3 Å². The second kappa shape index (κ2) is 4.63. The summed E-state index contributed by atoms with van der Waals surface area (Å²) in [4.78, 5) is 1.22. The molecule has 1 aromatic rings. The first-order valence-corrected chi connectivity index (χ1v) is 5.66. The Morgan fingerprint density at radius 1 is 1.50 bits per heavy atom. The minimum atomic E-state index is 0.0739. The van der Waals surface area contributed by atoms with Crippen molar-refractivity contribution in [2.75, 3.05) is 0 Å².